The zero-order valence-corrected chi connectivity index (χ0v) is 18.8. The number of esters is 1. The monoisotopic (exact) mass is 453 g/mol. The minimum Gasteiger partial charge on any atom is -0.465 e. The van der Waals surface area contributed by atoms with Crippen molar-refractivity contribution in [2.24, 2.45) is 0 Å². The highest BCUT2D eigenvalue weighted by Crippen LogP contribution is 2.28. The smallest absolute Gasteiger partial charge is 0.337 e. The lowest BCUT2D eigenvalue weighted by Gasteiger charge is -2.10. The van der Waals surface area contributed by atoms with Crippen LogP contribution in [0.5, 0.6) is 0 Å². The number of aromatic nitrogens is 3. The van der Waals surface area contributed by atoms with E-state index in [9.17, 15) is 9.59 Å². The van der Waals surface area contributed by atoms with Gasteiger partial charge in [0.1, 0.15) is 0 Å². The number of nitrogens with zero attached hydrogens (tertiary/aromatic N) is 3. The van der Waals surface area contributed by atoms with E-state index in [-0.39, 0.29) is 17.5 Å². The number of Topliss-reactive ketones (excluding diaryl/α,β-unsaturated/α-hetero) is 1. The maximum absolute atomic E-state index is 12.9. The first kappa shape index (κ1) is 21.1. The van der Waals surface area contributed by atoms with E-state index in [0.717, 1.165) is 22.0 Å². The molecule has 0 bridgehead atoms. The summed E-state index contributed by atoms with van der Waals surface area (Å²) >= 11 is 2.74. The number of aryl methyl sites for hydroxylation is 1. The first-order valence-corrected chi connectivity index (χ1v) is 11.3. The second kappa shape index (κ2) is 8.91. The molecular weight excluding hydrogens is 434 g/mol. The number of methoxy groups -OCH3 is 1. The molecule has 4 aromatic rings. The van der Waals surface area contributed by atoms with Crippen molar-refractivity contribution in [1.82, 2.24) is 14.8 Å². The molecule has 0 radical (unpaired) electrons. The molecule has 0 fully saturated rings. The maximum Gasteiger partial charge on any atom is 0.337 e. The molecule has 1 aromatic carbocycles. The quantitative estimate of drug-likeness (QED) is 0.222. The number of carbonyl (C=O) groups is 2. The highest BCUT2D eigenvalue weighted by atomic mass is 32.2. The molecule has 0 amide bonds. The van der Waals surface area contributed by atoms with Crippen LogP contribution in [0.3, 0.4) is 0 Å². The Morgan fingerprint density at radius 2 is 1.94 bits per heavy atom. The Bertz CT molecular complexity index is 1220. The number of hydrogen-bond acceptors (Lipinski definition) is 8. The molecule has 0 saturated heterocycles. The van der Waals surface area contributed by atoms with Gasteiger partial charge in [-0.25, -0.2) is 4.79 Å². The zero-order chi connectivity index (χ0) is 22.0. The fraction of sp³-hybridized carbons (Fsp3) is 0.182. The van der Waals surface area contributed by atoms with E-state index in [0.29, 0.717) is 22.2 Å². The lowest BCUT2D eigenvalue weighted by atomic mass is 10.2. The highest BCUT2D eigenvalue weighted by molar-refractivity contribution is 7.99. The number of thioether (sulfide) groups is 1. The molecule has 0 aliphatic carbocycles. The van der Waals surface area contributed by atoms with Crippen molar-refractivity contribution in [2.75, 3.05) is 12.9 Å². The zero-order valence-electron chi connectivity index (χ0n) is 17.1. The van der Waals surface area contributed by atoms with Crippen molar-refractivity contribution in [1.29, 1.82) is 0 Å². The Labute approximate surface area is 187 Å². The third-order valence-electron chi connectivity index (χ3n) is 4.74. The van der Waals surface area contributed by atoms with Gasteiger partial charge in [0.25, 0.3) is 11.1 Å². The Kier molecular flexibility index (Phi) is 6.06. The normalized spacial score (nSPS) is 10.9. The van der Waals surface area contributed by atoms with Gasteiger partial charge in [-0.05, 0) is 55.6 Å². The van der Waals surface area contributed by atoms with Crippen LogP contribution >= 0.6 is 23.1 Å². The number of hydrogen-bond donors (Lipinski definition) is 0. The average molecular weight is 454 g/mol. The van der Waals surface area contributed by atoms with Crippen molar-refractivity contribution in [3.05, 3.63) is 70.4 Å². The van der Waals surface area contributed by atoms with Gasteiger partial charge < -0.3 is 13.7 Å². The molecule has 0 aliphatic rings. The number of thiophene rings is 1. The summed E-state index contributed by atoms with van der Waals surface area (Å²) in [7, 11) is 1.35. The Morgan fingerprint density at radius 1 is 1.16 bits per heavy atom. The number of benzene rings is 1. The topological polar surface area (TPSA) is 87.2 Å². The van der Waals surface area contributed by atoms with E-state index in [2.05, 4.69) is 10.2 Å². The van der Waals surface area contributed by atoms with Crippen LogP contribution in [0.2, 0.25) is 0 Å². The van der Waals surface area contributed by atoms with E-state index in [1.54, 1.807) is 12.1 Å². The summed E-state index contributed by atoms with van der Waals surface area (Å²) in [6, 6.07) is 12.8. The predicted octanol–water partition coefficient (Wildman–Crippen LogP) is 4.97. The van der Waals surface area contributed by atoms with Crippen LogP contribution in [0.25, 0.3) is 16.5 Å². The molecule has 0 N–H and O–H groups in total. The molecule has 31 heavy (non-hydrogen) atoms. The largest absolute Gasteiger partial charge is 0.465 e. The van der Waals surface area contributed by atoms with Crippen LogP contribution < -0.4 is 0 Å². The van der Waals surface area contributed by atoms with Crippen molar-refractivity contribution >= 4 is 34.9 Å². The van der Waals surface area contributed by atoms with E-state index in [1.165, 1.54) is 30.2 Å². The summed E-state index contributed by atoms with van der Waals surface area (Å²) in [6.45, 7) is 3.84. The second-order valence-corrected chi connectivity index (χ2v) is 8.60. The minimum atomic E-state index is -0.386. The molecule has 0 atom stereocenters. The third kappa shape index (κ3) is 4.33. The molecule has 0 aliphatic heterocycles. The summed E-state index contributed by atoms with van der Waals surface area (Å²) < 4.78 is 12.4. The van der Waals surface area contributed by atoms with Gasteiger partial charge in [0.2, 0.25) is 0 Å². The summed E-state index contributed by atoms with van der Waals surface area (Å²) in [5, 5.41) is 10.4. The number of carbonyl (C=O) groups excluding carboxylic acids is 2. The SMILES string of the molecule is COC(=O)c1ccc(-n2c(C)cc(C(=O)CSc3nnc(-c4cccs4)o3)c2C)cc1. The number of ether oxygens (including phenoxy) is 1. The number of rotatable bonds is 7. The van der Waals surface area contributed by atoms with Crippen molar-refractivity contribution in [3.63, 3.8) is 0 Å². The van der Waals surface area contributed by atoms with Gasteiger partial charge in [0.05, 0.1) is 23.3 Å². The first-order valence-electron chi connectivity index (χ1n) is 9.39. The Morgan fingerprint density at radius 3 is 2.61 bits per heavy atom. The third-order valence-corrected chi connectivity index (χ3v) is 6.42. The molecule has 9 heteroatoms. The minimum absolute atomic E-state index is 0.0218. The Balaban J connectivity index is 1.49. The highest BCUT2D eigenvalue weighted by Gasteiger charge is 2.19. The van der Waals surface area contributed by atoms with Gasteiger partial charge >= 0.3 is 5.97 Å². The van der Waals surface area contributed by atoms with Gasteiger partial charge in [-0.3, -0.25) is 4.79 Å². The first-order chi connectivity index (χ1) is 15.0. The molecule has 0 spiro atoms. The van der Waals surface area contributed by atoms with Crippen molar-refractivity contribution in [2.45, 2.75) is 19.1 Å². The molecule has 158 valence electrons. The van der Waals surface area contributed by atoms with E-state index in [4.69, 9.17) is 9.15 Å². The second-order valence-electron chi connectivity index (χ2n) is 6.72. The van der Waals surface area contributed by atoms with Gasteiger partial charge in [-0.15, -0.1) is 21.5 Å². The molecule has 0 unspecified atom stereocenters. The molecule has 4 rings (SSSR count). The standard InChI is InChI=1S/C22H19N3O4S2/c1-13-11-17(14(2)25(13)16-8-6-15(7-9-16)21(27)28-3)18(26)12-31-22-24-23-20(29-22)19-5-4-10-30-19/h4-11H,12H2,1-3H3. The van der Waals surface area contributed by atoms with Crippen LogP contribution in [0.15, 0.2) is 57.5 Å². The lowest BCUT2D eigenvalue weighted by Crippen LogP contribution is -2.06. The van der Waals surface area contributed by atoms with Gasteiger partial charge in [-0.1, -0.05) is 17.8 Å². The summed E-state index contributed by atoms with van der Waals surface area (Å²) in [6.07, 6.45) is 0. The molecule has 3 heterocycles. The summed E-state index contributed by atoms with van der Waals surface area (Å²) in [4.78, 5) is 25.4. The van der Waals surface area contributed by atoms with E-state index < -0.39 is 0 Å². The average Bonchev–Trinajstić information content (AvgIpc) is 3.52. The fourth-order valence-electron chi connectivity index (χ4n) is 3.28. The predicted molar refractivity (Wildman–Crippen MR) is 119 cm³/mol. The van der Waals surface area contributed by atoms with E-state index >= 15 is 0 Å². The Hall–Kier alpha value is -3.17. The summed E-state index contributed by atoms with van der Waals surface area (Å²) in [5.41, 5.74) is 3.74. The van der Waals surface area contributed by atoms with Crippen LogP contribution in [-0.4, -0.2) is 39.4 Å². The number of ketones is 1. The molecular formula is C22H19N3O4S2. The summed E-state index contributed by atoms with van der Waals surface area (Å²) in [5.74, 6) is 0.242. The van der Waals surface area contributed by atoms with E-state index in [1.807, 2.05) is 54.1 Å². The van der Waals surface area contributed by atoms with Gasteiger partial charge in [0.15, 0.2) is 5.78 Å². The van der Waals surface area contributed by atoms with Crippen LogP contribution in [0.4, 0.5) is 0 Å². The molecule has 3 aromatic heterocycles. The molecule has 7 nitrogen and oxygen atoms in total. The fourth-order valence-corrected chi connectivity index (χ4v) is 4.57. The van der Waals surface area contributed by atoms with Crippen LogP contribution in [-0.2, 0) is 4.74 Å². The van der Waals surface area contributed by atoms with Crippen molar-refractivity contribution in [3.8, 4) is 16.5 Å². The van der Waals surface area contributed by atoms with Crippen molar-refractivity contribution < 1.29 is 18.7 Å². The van der Waals surface area contributed by atoms with Crippen LogP contribution in [0.1, 0.15) is 32.1 Å². The van der Waals surface area contributed by atoms with Gasteiger partial charge in [-0.2, -0.15) is 0 Å². The van der Waals surface area contributed by atoms with Gasteiger partial charge in [0, 0.05) is 22.6 Å². The lowest BCUT2D eigenvalue weighted by molar-refractivity contribution is 0.0600. The van der Waals surface area contributed by atoms with Crippen LogP contribution in [0, 0.1) is 13.8 Å². The maximum atomic E-state index is 12.9. The molecule has 0 saturated carbocycles.